The number of benzene rings is 1. The molecule has 1 aliphatic heterocycles. The number of rotatable bonds is 6. The van der Waals surface area contributed by atoms with Crippen molar-refractivity contribution in [3.63, 3.8) is 0 Å². The summed E-state index contributed by atoms with van der Waals surface area (Å²) in [6.45, 7) is 6.25. The summed E-state index contributed by atoms with van der Waals surface area (Å²) in [5.74, 6) is -0.464. The van der Waals surface area contributed by atoms with E-state index in [1.165, 1.54) is 25.9 Å². The summed E-state index contributed by atoms with van der Waals surface area (Å²) in [5.41, 5.74) is 0.554. The highest BCUT2D eigenvalue weighted by Gasteiger charge is 2.16. The van der Waals surface area contributed by atoms with Crippen LogP contribution < -0.4 is 10.6 Å². The number of halogens is 1. The number of nitrogens with one attached hydrogen (secondary N) is 2. The van der Waals surface area contributed by atoms with E-state index >= 15 is 0 Å². The molecule has 0 radical (unpaired) electrons. The summed E-state index contributed by atoms with van der Waals surface area (Å²) in [6, 6.07) is 6.65. The van der Waals surface area contributed by atoms with E-state index in [2.05, 4.69) is 22.5 Å². The van der Waals surface area contributed by atoms with Gasteiger partial charge in [0.15, 0.2) is 0 Å². The molecule has 0 bridgehead atoms. The van der Waals surface area contributed by atoms with Gasteiger partial charge in [-0.2, -0.15) is 0 Å². The molecule has 0 spiro atoms. The Labute approximate surface area is 148 Å². The third kappa shape index (κ3) is 6.49. The molecule has 2 N–H and O–H groups in total. The molecule has 0 aliphatic carbocycles. The highest BCUT2D eigenvalue weighted by atomic mass is 35.5. The maximum Gasteiger partial charge on any atom is 0.313 e. The van der Waals surface area contributed by atoms with Gasteiger partial charge in [0.1, 0.15) is 0 Å². The van der Waals surface area contributed by atoms with Crippen LogP contribution in [0.2, 0.25) is 5.02 Å². The average molecular weight is 352 g/mol. The Kier molecular flexibility index (Phi) is 7.53. The second-order valence-electron chi connectivity index (χ2n) is 6.47. The summed E-state index contributed by atoms with van der Waals surface area (Å²) in [4.78, 5) is 26.0. The van der Waals surface area contributed by atoms with Crippen molar-refractivity contribution in [2.24, 2.45) is 5.92 Å². The van der Waals surface area contributed by atoms with Crippen molar-refractivity contribution in [1.82, 2.24) is 10.2 Å². The van der Waals surface area contributed by atoms with E-state index in [1.54, 1.807) is 24.3 Å². The maximum atomic E-state index is 11.8. The second-order valence-corrected chi connectivity index (χ2v) is 6.91. The van der Waals surface area contributed by atoms with Crippen molar-refractivity contribution in [1.29, 1.82) is 0 Å². The molecule has 24 heavy (non-hydrogen) atoms. The molecule has 1 fully saturated rings. The molecule has 1 aromatic carbocycles. The van der Waals surface area contributed by atoms with E-state index in [4.69, 9.17) is 11.6 Å². The molecule has 5 nitrogen and oxygen atoms in total. The van der Waals surface area contributed by atoms with Crippen molar-refractivity contribution in [3.8, 4) is 0 Å². The Morgan fingerprint density at radius 3 is 2.67 bits per heavy atom. The zero-order valence-electron chi connectivity index (χ0n) is 14.2. The fourth-order valence-electron chi connectivity index (χ4n) is 2.95. The number of carbonyl (C=O) groups is 2. The molecular formula is C18H26ClN3O2. The molecule has 1 aromatic rings. The van der Waals surface area contributed by atoms with Gasteiger partial charge in [-0.3, -0.25) is 9.59 Å². The Hall–Kier alpha value is -1.59. The highest BCUT2D eigenvalue weighted by molar-refractivity contribution is 6.39. The topological polar surface area (TPSA) is 61.4 Å². The van der Waals surface area contributed by atoms with Gasteiger partial charge in [-0.15, -0.1) is 0 Å². The standard InChI is InChI=1S/C18H26ClN3O2/c1-14-5-4-12-22(13-14)11-3-2-10-20-17(23)18(24)21-16-8-6-15(19)7-9-16/h6-9,14H,2-5,10-13H2,1H3,(H,20,23)(H,21,24). The van der Waals surface area contributed by atoms with E-state index in [9.17, 15) is 9.59 Å². The third-order valence-electron chi connectivity index (χ3n) is 4.24. The van der Waals surface area contributed by atoms with Crippen molar-refractivity contribution in [3.05, 3.63) is 29.3 Å². The Bertz CT molecular complexity index is 548. The van der Waals surface area contributed by atoms with Gasteiger partial charge in [0.05, 0.1) is 0 Å². The number of anilines is 1. The van der Waals surface area contributed by atoms with Gasteiger partial charge < -0.3 is 15.5 Å². The van der Waals surface area contributed by atoms with Crippen molar-refractivity contribution in [2.45, 2.75) is 32.6 Å². The monoisotopic (exact) mass is 351 g/mol. The first kappa shape index (κ1) is 18.7. The lowest BCUT2D eigenvalue weighted by Crippen LogP contribution is -2.37. The number of hydrogen-bond acceptors (Lipinski definition) is 3. The zero-order chi connectivity index (χ0) is 17.4. The molecule has 6 heteroatoms. The predicted octanol–water partition coefficient (Wildman–Crippen LogP) is 2.91. The minimum atomic E-state index is -0.651. The number of carbonyl (C=O) groups excluding carboxylic acids is 2. The van der Waals surface area contributed by atoms with Crippen molar-refractivity contribution in [2.75, 3.05) is 31.5 Å². The third-order valence-corrected chi connectivity index (χ3v) is 4.49. The first-order valence-corrected chi connectivity index (χ1v) is 8.99. The average Bonchev–Trinajstić information content (AvgIpc) is 2.56. The molecule has 0 saturated carbocycles. The summed E-state index contributed by atoms with van der Waals surface area (Å²) in [5, 5.41) is 5.80. The fraction of sp³-hybridized carbons (Fsp3) is 0.556. The molecule has 2 rings (SSSR count). The minimum Gasteiger partial charge on any atom is -0.348 e. The van der Waals surface area contributed by atoms with Gasteiger partial charge in [0, 0.05) is 23.8 Å². The van der Waals surface area contributed by atoms with E-state index in [0.29, 0.717) is 17.3 Å². The van der Waals surface area contributed by atoms with Crippen LogP contribution in [-0.2, 0) is 9.59 Å². The Balaban J connectivity index is 1.58. The van der Waals surface area contributed by atoms with Crippen molar-refractivity contribution >= 4 is 29.1 Å². The Morgan fingerprint density at radius 1 is 1.21 bits per heavy atom. The van der Waals surface area contributed by atoms with Crippen molar-refractivity contribution < 1.29 is 9.59 Å². The van der Waals surface area contributed by atoms with E-state index in [-0.39, 0.29) is 0 Å². The first-order valence-electron chi connectivity index (χ1n) is 8.61. The smallest absolute Gasteiger partial charge is 0.313 e. The van der Waals surface area contributed by atoms with Crippen LogP contribution in [0.5, 0.6) is 0 Å². The number of hydrogen-bond donors (Lipinski definition) is 2. The number of piperidine rings is 1. The van der Waals surface area contributed by atoms with Crippen LogP contribution in [0.4, 0.5) is 5.69 Å². The van der Waals surface area contributed by atoms with Crippen LogP contribution in [-0.4, -0.2) is 42.9 Å². The molecule has 1 aliphatic rings. The quantitative estimate of drug-likeness (QED) is 0.612. The van der Waals surface area contributed by atoms with Crippen LogP contribution in [0.15, 0.2) is 24.3 Å². The Morgan fingerprint density at radius 2 is 1.96 bits per heavy atom. The number of amides is 2. The number of nitrogens with zero attached hydrogens (tertiary/aromatic N) is 1. The van der Waals surface area contributed by atoms with Crippen LogP contribution in [0.25, 0.3) is 0 Å². The van der Waals surface area contributed by atoms with Gasteiger partial charge in [-0.05, 0) is 69.0 Å². The lowest BCUT2D eigenvalue weighted by molar-refractivity contribution is -0.136. The maximum absolute atomic E-state index is 11.8. The van der Waals surface area contributed by atoms with Gasteiger partial charge in [0.2, 0.25) is 0 Å². The molecule has 1 atom stereocenters. The van der Waals surface area contributed by atoms with Gasteiger partial charge in [0.25, 0.3) is 0 Å². The minimum absolute atomic E-state index is 0.524. The summed E-state index contributed by atoms with van der Waals surface area (Å²) < 4.78 is 0. The largest absolute Gasteiger partial charge is 0.348 e. The normalized spacial score (nSPS) is 18.2. The first-order chi connectivity index (χ1) is 11.5. The van der Waals surface area contributed by atoms with Gasteiger partial charge in [-0.1, -0.05) is 18.5 Å². The lowest BCUT2D eigenvalue weighted by Gasteiger charge is -2.30. The predicted molar refractivity (Wildman–Crippen MR) is 97.2 cm³/mol. The molecule has 132 valence electrons. The number of likely N-dealkylation sites (tertiary alicyclic amines) is 1. The van der Waals surface area contributed by atoms with Crippen LogP contribution in [0.3, 0.4) is 0 Å². The summed E-state index contributed by atoms with van der Waals surface area (Å²) in [7, 11) is 0. The van der Waals surface area contributed by atoms with Crippen LogP contribution in [0.1, 0.15) is 32.6 Å². The summed E-state index contributed by atoms with van der Waals surface area (Å²) in [6.07, 6.45) is 4.52. The number of unbranched alkanes of at least 4 members (excludes halogenated alkanes) is 1. The van der Waals surface area contributed by atoms with Gasteiger partial charge >= 0.3 is 11.8 Å². The molecule has 2 amide bonds. The SMILES string of the molecule is CC1CCCN(CCCCNC(=O)C(=O)Nc2ccc(Cl)cc2)C1. The highest BCUT2D eigenvalue weighted by Crippen LogP contribution is 2.15. The van der Waals surface area contributed by atoms with Gasteiger partial charge in [-0.25, -0.2) is 0 Å². The van der Waals surface area contributed by atoms with E-state index in [0.717, 1.165) is 25.3 Å². The molecule has 0 aromatic heterocycles. The fourth-order valence-corrected chi connectivity index (χ4v) is 3.08. The lowest BCUT2D eigenvalue weighted by atomic mass is 10.0. The van der Waals surface area contributed by atoms with E-state index in [1.807, 2.05) is 0 Å². The molecule has 1 unspecified atom stereocenters. The molecule has 1 heterocycles. The zero-order valence-corrected chi connectivity index (χ0v) is 14.9. The summed E-state index contributed by atoms with van der Waals surface area (Å²) >= 11 is 5.78. The van der Waals surface area contributed by atoms with Crippen LogP contribution >= 0.6 is 11.6 Å². The van der Waals surface area contributed by atoms with E-state index < -0.39 is 11.8 Å². The molecular weight excluding hydrogens is 326 g/mol. The second kappa shape index (κ2) is 9.64. The van der Waals surface area contributed by atoms with Crippen LogP contribution in [0, 0.1) is 5.92 Å². The molecule has 1 saturated heterocycles.